The summed E-state index contributed by atoms with van der Waals surface area (Å²) in [7, 11) is 1.33. The molecule has 2 aromatic heterocycles. The predicted molar refractivity (Wildman–Crippen MR) is 105 cm³/mol. The molecule has 142 valence electrons. The minimum Gasteiger partial charge on any atom is -0.468 e. The van der Waals surface area contributed by atoms with Gasteiger partial charge >= 0.3 is 5.97 Å². The van der Waals surface area contributed by atoms with Crippen molar-refractivity contribution in [3.63, 3.8) is 0 Å². The lowest BCUT2D eigenvalue weighted by atomic mass is 10.2. The number of esters is 1. The molecule has 0 spiro atoms. The summed E-state index contributed by atoms with van der Waals surface area (Å²) in [4.78, 5) is 29.0. The van der Waals surface area contributed by atoms with Crippen LogP contribution >= 0.6 is 23.4 Å². The van der Waals surface area contributed by atoms with Gasteiger partial charge in [0.1, 0.15) is 0 Å². The summed E-state index contributed by atoms with van der Waals surface area (Å²) in [5.41, 5.74) is 1.26. The average molecular weight is 407 g/mol. The first-order chi connectivity index (χ1) is 13.0. The number of para-hydroxylation sites is 1. The van der Waals surface area contributed by atoms with Crippen LogP contribution in [0.25, 0.3) is 10.9 Å². The Morgan fingerprint density at radius 2 is 2.07 bits per heavy atom. The monoisotopic (exact) mass is 406 g/mol. The summed E-state index contributed by atoms with van der Waals surface area (Å²) in [5, 5.41) is 5.99. The van der Waals surface area contributed by atoms with E-state index in [0.29, 0.717) is 40.6 Å². The molecule has 27 heavy (non-hydrogen) atoms. The van der Waals surface area contributed by atoms with Crippen LogP contribution in [-0.4, -0.2) is 38.2 Å². The molecule has 3 rings (SSSR count). The van der Waals surface area contributed by atoms with Crippen molar-refractivity contribution in [1.82, 2.24) is 19.3 Å². The fourth-order valence-electron chi connectivity index (χ4n) is 2.64. The molecule has 9 heteroatoms. The van der Waals surface area contributed by atoms with Crippen molar-refractivity contribution in [2.24, 2.45) is 0 Å². The van der Waals surface area contributed by atoms with Gasteiger partial charge in [0.25, 0.3) is 5.56 Å². The summed E-state index contributed by atoms with van der Waals surface area (Å²) in [6.45, 7) is 2.92. The number of nitrogens with zero attached hydrogens (tertiary/aromatic N) is 4. The number of hydrogen-bond acceptors (Lipinski definition) is 6. The van der Waals surface area contributed by atoms with Gasteiger partial charge in [-0.25, -0.2) is 4.98 Å². The van der Waals surface area contributed by atoms with E-state index in [1.807, 2.05) is 19.1 Å². The highest BCUT2D eigenvalue weighted by molar-refractivity contribution is 7.99. The van der Waals surface area contributed by atoms with Gasteiger partial charge in [-0.15, -0.1) is 0 Å². The molecule has 0 fully saturated rings. The van der Waals surface area contributed by atoms with Crippen LogP contribution in [0.15, 0.2) is 40.4 Å². The SMILES string of the molecule is COC(=O)CSc1nc2ccccc2c(=O)n1CCCn1cc(Cl)c(C)n1. The largest absolute Gasteiger partial charge is 0.468 e. The maximum atomic E-state index is 12.9. The number of aromatic nitrogens is 4. The summed E-state index contributed by atoms with van der Waals surface area (Å²) in [5.74, 6) is -0.273. The number of hydrogen-bond donors (Lipinski definition) is 0. The van der Waals surface area contributed by atoms with Crippen molar-refractivity contribution in [2.75, 3.05) is 12.9 Å². The minimum absolute atomic E-state index is 0.0925. The van der Waals surface area contributed by atoms with E-state index < -0.39 is 0 Å². The van der Waals surface area contributed by atoms with E-state index in [4.69, 9.17) is 11.6 Å². The number of carbonyl (C=O) groups excluding carboxylic acids is 1. The molecule has 0 saturated heterocycles. The molecule has 3 aromatic rings. The van der Waals surface area contributed by atoms with Crippen molar-refractivity contribution in [2.45, 2.75) is 31.6 Å². The maximum absolute atomic E-state index is 12.9. The first-order valence-corrected chi connectivity index (χ1v) is 9.74. The number of benzene rings is 1. The van der Waals surface area contributed by atoms with Gasteiger partial charge in [-0.1, -0.05) is 35.5 Å². The van der Waals surface area contributed by atoms with Crippen LogP contribution < -0.4 is 5.56 Å². The fourth-order valence-corrected chi connectivity index (χ4v) is 3.64. The van der Waals surface area contributed by atoms with Crippen LogP contribution in [0.2, 0.25) is 5.02 Å². The summed E-state index contributed by atoms with van der Waals surface area (Å²) in [6, 6.07) is 7.19. The van der Waals surface area contributed by atoms with Crippen molar-refractivity contribution in [3.8, 4) is 0 Å². The topological polar surface area (TPSA) is 79.0 Å². The first-order valence-electron chi connectivity index (χ1n) is 8.38. The van der Waals surface area contributed by atoms with Gasteiger partial charge in [-0.05, 0) is 25.5 Å². The Labute approximate surface area is 165 Å². The summed E-state index contributed by atoms with van der Waals surface area (Å²) >= 11 is 7.23. The Morgan fingerprint density at radius 3 is 2.78 bits per heavy atom. The van der Waals surface area contributed by atoms with Crippen LogP contribution in [-0.2, 0) is 22.6 Å². The number of ether oxygens (including phenoxy) is 1. The highest BCUT2D eigenvalue weighted by Gasteiger charge is 2.13. The molecule has 0 N–H and O–H groups in total. The summed E-state index contributed by atoms with van der Waals surface area (Å²) in [6.07, 6.45) is 2.44. The molecule has 0 amide bonds. The standard InChI is InChI=1S/C18H19ClN4O3S/c1-12-14(19)10-22(21-12)8-5-9-23-17(25)13-6-3-4-7-15(13)20-18(23)27-11-16(24)26-2/h3-4,6-7,10H,5,8-9,11H2,1-2H3. The van der Waals surface area contributed by atoms with Gasteiger partial charge < -0.3 is 4.74 Å². The van der Waals surface area contributed by atoms with Gasteiger partial charge in [0.15, 0.2) is 5.16 Å². The lowest BCUT2D eigenvalue weighted by Gasteiger charge is -2.13. The predicted octanol–water partition coefficient (Wildman–Crippen LogP) is 2.91. The smallest absolute Gasteiger partial charge is 0.316 e. The third kappa shape index (κ3) is 4.51. The zero-order chi connectivity index (χ0) is 19.4. The molecule has 0 aliphatic rings. The summed E-state index contributed by atoms with van der Waals surface area (Å²) < 4.78 is 8.05. The number of thioether (sulfide) groups is 1. The van der Waals surface area contributed by atoms with E-state index in [2.05, 4.69) is 14.8 Å². The molecule has 2 heterocycles. The number of halogens is 1. The third-order valence-corrected chi connectivity index (χ3v) is 5.35. The molecule has 0 bridgehead atoms. The van der Waals surface area contributed by atoms with E-state index in [-0.39, 0.29) is 17.3 Å². The zero-order valence-electron chi connectivity index (χ0n) is 15.0. The Hall–Kier alpha value is -2.32. The van der Waals surface area contributed by atoms with Crippen molar-refractivity contribution >= 4 is 40.2 Å². The maximum Gasteiger partial charge on any atom is 0.316 e. The van der Waals surface area contributed by atoms with E-state index >= 15 is 0 Å². The molecule has 0 saturated carbocycles. The lowest BCUT2D eigenvalue weighted by molar-refractivity contribution is -0.137. The van der Waals surface area contributed by atoms with Crippen molar-refractivity contribution in [1.29, 1.82) is 0 Å². The van der Waals surface area contributed by atoms with Crippen molar-refractivity contribution in [3.05, 3.63) is 51.5 Å². The Morgan fingerprint density at radius 1 is 1.30 bits per heavy atom. The van der Waals surface area contributed by atoms with E-state index in [0.717, 1.165) is 5.69 Å². The molecule has 1 aromatic carbocycles. The Balaban J connectivity index is 1.85. The number of aryl methyl sites for hydroxylation is 2. The second kappa shape index (κ2) is 8.58. The minimum atomic E-state index is -0.365. The number of methoxy groups -OCH3 is 1. The Kier molecular flexibility index (Phi) is 6.18. The van der Waals surface area contributed by atoms with E-state index in [9.17, 15) is 9.59 Å². The normalized spacial score (nSPS) is 11.1. The zero-order valence-corrected chi connectivity index (χ0v) is 16.6. The third-order valence-electron chi connectivity index (χ3n) is 4.03. The van der Waals surface area contributed by atoms with E-state index in [1.54, 1.807) is 27.6 Å². The van der Waals surface area contributed by atoms with Crippen LogP contribution in [0.4, 0.5) is 0 Å². The Bertz CT molecular complexity index is 1010. The quantitative estimate of drug-likeness (QED) is 0.341. The van der Waals surface area contributed by atoms with Gasteiger partial charge in [0.2, 0.25) is 0 Å². The number of rotatable bonds is 7. The molecule has 0 unspecified atom stereocenters. The highest BCUT2D eigenvalue weighted by Crippen LogP contribution is 2.19. The second-order valence-corrected chi connectivity index (χ2v) is 7.26. The second-order valence-electron chi connectivity index (χ2n) is 5.91. The van der Waals surface area contributed by atoms with Crippen LogP contribution in [0.5, 0.6) is 0 Å². The van der Waals surface area contributed by atoms with Gasteiger partial charge in [-0.2, -0.15) is 5.10 Å². The van der Waals surface area contributed by atoms with Crippen LogP contribution in [0.1, 0.15) is 12.1 Å². The van der Waals surface area contributed by atoms with Gasteiger partial charge in [0.05, 0.1) is 34.5 Å². The van der Waals surface area contributed by atoms with Crippen molar-refractivity contribution < 1.29 is 9.53 Å². The van der Waals surface area contributed by atoms with Crippen LogP contribution in [0.3, 0.4) is 0 Å². The molecule has 0 radical (unpaired) electrons. The number of fused-ring (bicyclic) bond motifs is 1. The van der Waals surface area contributed by atoms with Crippen LogP contribution in [0, 0.1) is 6.92 Å². The van der Waals surface area contributed by atoms with E-state index in [1.165, 1.54) is 18.9 Å². The lowest BCUT2D eigenvalue weighted by Crippen LogP contribution is -2.24. The molecular formula is C18H19ClN4O3S. The average Bonchev–Trinajstić information content (AvgIpc) is 2.99. The molecule has 7 nitrogen and oxygen atoms in total. The fraction of sp³-hybridized carbons (Fsp3) is 0.333. The van der Waals surface area contributed by atoms with Gasteiger partial charge in [0, 0.05) is 19.3 Å². The molecule has 0 aliphatic heterocycles. The van der Waals surface area contributed by atoms with Gasteiger partial charge in [-0.3, -0.25) is 18.8 Å². The first kappa shape index (κ1) is 19.4. The molecular weight excluding hydrogens is 388 g/mol. The highest BCUT2D eigenvalue weighted by atomic mass is 35.5. The number of carbonyl (C=O) groups is 1. The molecule has 0 atom stereocenters. The molecule has 0 aliphatic carbocycles.